The van der Waals surface area contributed by atoms with Crippen LogP contribution in [-0.4, -0.2) is 35.8 Å². The highest BCUT2D eigenvalue weighted by Gasteiger charge is 2.30. The van der Waals surface area contributed by atoms with Gasteiger partial charge in [-0.25, -0.2) is 0 Å². The fourth-order valence-electron chi connectivity index (χ4n) is 4.58. The summed E-state index contributed by atoms with van der Waals surface area (Å²) < 4.78 is 0. The van der Waals surface area contributed by atoms with Crippen molar-refractivity contribution in [2.75, 3.05) is 13.1 Å². The Morgan fingerprint density at radius 1 is 0.889 bits per heavy atom. The zero-order valence-corrected chi connectivity index (χ0v) is 16.9. The number of benzene rings is 1. The van der Waals surface area contributed by atoms with Gasteiger partial charge in [-0.15, -0.1) is 0 Å². The molecule has 0 radical (unpaired) electrons. The van der Waals surface area contributed by atoms with Gasteiger partial charge in [-0.1, -0.05) is 49.3 Å². The Kier molecular flexibility index (Phi) is 6.92. The number of aryl methyl sites for hydroxylation is 2. The van der Waals surface area contributed by atoms with Gasteiger partial charge >= 0.3 is 0 Å². The van der Waals surface area contributed by atoms with E-state index in [4.69, 9.17) is 0 Å². The fourth-order valence-corrected chi connectivity index (χ4v) is 4.58. The van der Waals surface area contributed by atoms with Crippen LogP contribution in [0.1, 0.15) is 79.3 Å². The van der Waals surface area contributed by atoms with Gasteiger partial charge in [-0.3, -0.25) is 9.59 Å². The van der Waals surface area contributed by atoms with E-state index >= 15 is 0 Å². The van der Waals surface area contributed by atoms with E-state index in [-0.39, 0.29) is 17.7 Å². The van der Waals surface area contributed by atoms with Crippen molar-refractivity contribution in [2.24, 2.45) is 5.92 Å². The number of hydrogen-bond donors (Lipinski definition) is 1. The van der Waals surface area contributed by atoms with E-state index in [1.165, 1.54) is 32.1 Å². The Balaban J connectivity index is 1.59. The third-order valence-corrected chi connectivity index (χ3v) is 6.00. The molecule has 1 N–H and O–H groups in total. The summed E-state index contributed by atoms with van der Waals surface area (Å²) in [7, 11) is 0. The number of nitrogens with one attached hydrogen (secondary N) is 1. The number of nitrogens with zero attached hydrogens (tertiary/aromatic N) is 1. The zero-order valence-electron chi connectivity index (χ0n) is 16.9. The SMILES string of the molecule is Cc1cc(C)cc(C(=O)N2CCC[C@H](C(=O)NC3CCCCCCC3)C2)c1. The van der Waals surface area contributed by atoms with Crippen molar-refractivity contribution in [2.45, 2.75) is 77.7 Å². The van der Waals surface area contributed by atoms with Gasteiger partial charge in [-0.2, -0.15) is 0 Å². The summed E-state index contributed by atoms with van der Waals surface area (Å²) in [5, 5.41) is 3.30. The number of hydrogen-bond acceptors (Lipinski definition) is 2. The van der Waals surface area contributed by atoms with E-state index in [1.807, 2.05) is 30.9 Å². The van der Waals surface area contributed by atoms with Gasteiger partial charge in [0.25, 0.3) is 5.91 Å². The summed E-state index contributed by atoms with van der Waals surface area (Å²) in [6, 6.07) is 6.31. The third-order valence-electron chi connectivity index (χ3n) is 6.00. The maximum Gasteiger partial charge on any atom is 0.253 e. The Morgan fingerprint density at radius 3 is 2.19 bits per heavy atom. The predicted molar refractivity (Wildman–Crippen MR) is 109 cm³/mol. The van der Waals surface area contributed by atoms with Crippen molar-refractivity contribution >= 4 is 11.8 Å². The molecule has 0 spiro atoms. The van der Waals surface area contributed by atoms with Crippen molar-refractivity contribution in [1.82, 2.24) is 10.2 Å². The minimum absolute atomic E-state index is 0.0604. The summed E-state index contributed by atoms with van der Waals surface area (Å²) in [6.45, 7) is 5.33. The Bertz CT molecular complexity index is 642. The predicted octanol–water partition coefficient (Wildman–Crippen LogP) is 4.38. The van der Waals surface area contributed by atoms with E-state index in [2.05, 4.69) is 11.4 Å². The molecule has 1 heterocycles. The van der Waals surface area contributed by atoms with Crippen LogP contribution in [0.2, 0.25) is 0 Å². The summed E-state index contributed by atoms with van der Waals surface area (Å²) in [6.07, 6.45) is 10.3. The van der Waals surface area contributed by atoms with Gasteiger partial charge in [-0.05, 0) is 51.7 Å². The summed E-state index contributed by atoms with van der Waals surface area (Å²) >= 11 is 0. The first kappa shape index (κ1) is 19.9. The van der Waals surface area contributed by atoms with Crippen LogP contribution in [0.4, 0.5) is 0 Å². The summed E-state index contributed by atoms with van der Waals surface area (Å²) in [4.78, 5) is 27.6. The number of piperidine rings is 1. The van der Waals surface area contributed by atoms with Crippen molar-refractivity contribution in [3.8, 4) is 0 Å². The zero-order chi connectivity index (χ0) is 19.2. The first-order valence-electron chi connectivity index (χ1n) is 10.7. The van der Waals surface area contributed by atoms with Gasteiger partial charge in [0, 0.05) is 24.7 Å². The van der Waals surface area contributed by atoms with Crippen LogP contribution >= 0.6 is 0 Å². The minimum atomic E-state index is -0.0703. The van der Waals surface area contributed by atoms with Gasteiger partial charge in [0.05, 0.1) is 5.92 Å². The monoisotopic (exact) mass is 370 g/mol. The van der Waals surface area contributed by atoms with Crippen molar-refractivity contribution < 1.29 is 9.59 Å². The first-order chi connectivity index (χ1) is 13.0. The van der Waals surface area contributed by atoms with Crippen molar-refractivity contribution in [3.63, 3.8) is 0 Å². The van der Waals surface area contributed by atoms with Crippen LogP contribution in [0.5, 0.6) is 0 Å². The lowest BCUT2D eigenvalue weighted by atomic mass is 9.93. The summed E-state index contributed by atoms with van der Waals surface area (Å²) in [5.41, 5.74) is 2.96. The van der Waals surface area contributed by atoms with Gasteiger partial charge < -0.3 is 10.2 Å². The molecule has 4 heteroatoms. The van der Waals surface area contributed by atoms with Gasteiger partial charge in [0.2, 0.25) is 5.91 Å². The average Bonchev–Trinajstić information content (AvgIpc) is 2.62. The van der Waals surface area contributed by atoms with E-state index in [9.17, 15) is 9.59 Å². The third kappa shape index (κ3) is 5.57. The molecule has 3 rings (SSSR count). The lowest BCUT2D eigenvalue weighted by Gasteiger charge is -2.33. The van der Waals surface area contributed by atoms with Crippen LogP contribution in [0, 0.1) is 19.8 Å². The molecule has 1 aliphatic heterocycles. The van der Waals surface area contributed by atoms with Crippen molar-refractivity contribution in [3.05, 3.63) is 34.9 Å². The van der Waals surface area contributed by atoms with Crippen LogP contribution in [0.15, 0.2) is 18.2 Å². The fraction of sp³-hybridized carbons (Fsp3) is 0.652. The van der Waals surface area contributed by atoms with E-state index in [0.29, 0.717) is 12.6 Å². The number of rotatable bonds is 3. The van der Waals surface area contributed by atoms with Crippen molar-refractivity contribution in [1.29, 1.82) is 0 Å². The molecule has 4 nitrogen and oxygen atoms in total. The maximum absolute atomic E-state index is 12.9. The topological polar surface area (TPSA) is 49.4 Å². The molecule has 1 atom stereocenters. The molecule has 1 aromatic carbocycles. The number of likely N-dealkylation sites (tertiary alicyclic amines) is 1. The second kappa shape index (κ2) is 9.38. The van der Waals surface area contributed by atoms with Gasteiger partial charge in [0.15, 0.2) is 0 Å². The molecule has 27 heavy (non-hydrogen) atoms. The molecule has 1 saturated heterocycles. The first-order valence-corrected chi connectivity index (χ1v) is 10.7. The molecule has 1 aliphatic carbocycles. The molecule has 0 bridgehead atoms. The van der Waals surface area contributed by atoms with E-state index in [1.54, 1.807) is 0 Å². The van der Waals surface area contributed by atoms with Crippen LogP contribution in [0.3, 0.4) is 0 Å². The second-order valence-corrected chi connectivity index (χ2v) is 8.52. The molecule has 2 fully saturated rings. The van der Waals surface area contributed by atoms with Crippen LogP contribution < -0.4 is 5.32 Å². The second-order valence-electron chi connectivity index (χ2n) is 8.52. The molecule has 148 valence electrons. The molecule has 1 aromatic rings. The molecule has 0 unspecified atom stereocenters. The standard InChI is InChI=1S/C23H34N2O2/c1-17-13-18(2)15-20(14-17)23(27)25-12-8-9-19(16-25)22(26)24-21-10-6-4-3-5-7-11-21/h13-15,19,21H,3-12,16H2,1-2H3,(H,24,26)/t19-/m0/s1. The lowest BCUT2D eigenvalue weighted by Crippen LogP contribution is -2.47. The number of carbonyl (C=O) groups is 2. The quantitative estimate of drug-likeness (QED) is 0.858. The molecular weight excluding hydrogens is 336 g/mol. The Morgan fingerprint density at radius 2 is 1.52 bits per heavy atom. The maximum atomic E-state index is 12.9. The normalized spacial score (nSPS) is 22.0. The van der Waals surface area contributed by atoms with E-state index in [0.717, 1.165) is 48.9 Å². The minimum Gasteiger partial charge on any atom is -0.353 e. The van der Waals surface area contributed by atoms with Gasteiger partial charge in [0.1, 0.15) is 0 Å². The average molecular weight is 371 g/mol. The summed E-state index contributed by atoms with van der Waals surface area (Å²) in [5.74, 6) is 0.141. The highest BCUT2D eigenvalue weighted by Crippen LogP contribution is 2.22. The largest absolute Gasteiger partial charge is 0.353 e. The highest BCUT2D eigenvalue weighted by atomic mass is 16.2. The Labute approximate surface area is 163 Å². The highest BCUT2D eigenvalue weighted by molar-refractivity contribution is 5.95. The molecule has 2 amide bonds. The van der Waals surface area contributed by atoms with Crippen LogP contribution in [-0.2, 0) is 4.79 Å². The number of carbonyl (C=O) groups excluding carboxylic acids is 2. The van der Waals surface area contributed by atoms with Crippen LogP contribution in [0.25, 0.3) is 0 Å². The lowest BCUT2D eigenvalue weighted by molar-refractivity contribution is -0.127. The Hall–Kier alpha value is -1.84. The number of amides is 2. The van der Waals surface area contributed by atoms with E-state index < -0.39 is 0 Å². The molecular formula is C23H34N2O2. The molecule has 2 aliphatic rings. The molecule has 0 aromatic heterocycles. The molecule has 1 saturated carbocycles. The smallest absolute Gasteiger partial charge is 0.253 e.